The Morgan fingerprint density at radius 1 is 0.400 bits per heavy atom. The molecule has 0 aliphatic carbocycles. The first-order chi connectivity index (χ1) is 21.3. The summed E-state index contributed by atoms with van der Waals surface area (Å²) in [5.74, 6) is 0.147. The van der Waals surface area contributed by atoms with Crippen molar-refractivity contribution < 1.29 is 59.9 Å². The van der Waals surface area contributed by atoms with Crippen molar-refractivity contribution in [1.82, 2.24) is 0 Å². The number of carbonyl (C=O) groups excluding carboxylic acids is 2. The fourth-order valence-electron chi connectivity index (χ4n) is 3.06. The molecule has 4 aromatic carbocycles. The van der Waals surface area contributed by atoms with Crippen LogP contribution in [0, 0.1) is 0 Å². The largest absolute Gasteiger partial charge is 0.511 e. The van der Waals surface area contributed by atoms with Crippen molar-refractivity contribution in [3.05, 3.63) is 131 Å². The van der Waals surface area contributed by atoms with E-state index in [0.717, 1.165) is 0 Å². The van der Waals surface area contributed by atoms with Gasteiger partial charge in [0, 0.05) is 43.3 Å². The second-order valence-corrected chi connectivity index (χ2v) is 7.17. The van der Waals surface area contributed by atoms with Crippen molar-refractivity contribution in [3.8, 4) is 11.5 Å². The summed E-state index contributed by atoms with van der Waals surface area (Å²) < 4.78 is 8.92. The third-order valence-electron chi connectivity index (χ3n) is 4.72. The molecule has 0 aliphatic rings. The fourth-order valence-corrected chi connectivity index (χ4v) is 3.06. The smallest absolute Gasteiger partial charge is 0.449 e. The van der Waals surface area contributed by atoms with Crippen LogP contribution in [0.15, 0.2) is 109 Å². The topological polar surface area (TPSA) is 127 Å². The van der Waals surface area contributed by atoms with Crippen LogP contribution in [0.25, 0.3) is 0 Å². The van der Waals surface area contributed by atoms with Gasteiger partial charge in [-0.1, -0.05) is 116 Å². The summed E-state index contributed by atoms with van der Waals surface area (Å²) in [6, 6.07) is 29.7. The maximum Gasteiger partial charge on any atom is 0.511 e. The average Bonchev–Trinajstić information content (AvgIpc) is 3.09. The van der Waals surface area contributed by atoms with Gasteiger partial charge in [0.1, 0.15) is 11.5 Å². The Balaban J connectivity index is -0.000000630. The van der Waals surface area contributed by atoms with Crippen molar-refractivity contribution in [2.45, 2.75) is 55.4 Å². The minimum atomic E-state index is -1.38. The van der Waals surface area contributed by atoms with Crippen LogP contribution in [0.5, 0.6) is 11.5 Å². The van der Waals surface area contributed by atoms with Crippen LogP contribution in [0.3, 0.4) is 0 Å². The molecule has 4 aromatic rings. The Hall–Kier alpha value is -4.55. The average molecular weight is 789 g/mol. The molecule has 242 valence electrons. The van der Waals surface area contributed by atoms with Gasteiger partial charge in [0.25, 0.3) is 0 Å². The second kappa shape index (κ2) is 28.2. The Morgan fingerprint density at radius 3 is 0.844 bits per heavy atom. The zero-order valence-corrected chi connectivity index (χ0v) is 30.1. The number of ether oxygens (including phenoxy) is 2. The van der Waals surface area contributed by atoms with E-state index in [2.05, 4.69) is 9.47 Å². The van der Waals surface area contributed by atoms with Crippen molar-refractivity contribution in [2.24, 2.45) is 0 Å². The zero-order chi connectivity index (χ0) is 33.9. The molecular weight excluding hydrogens is 744 g/mol. The summed E-state index contributed by atoms with van der Waals surface area (Å²) in [6.45, 7) is 16.0. The van der Waals surface area contributed by atoms with Gasteiger partial charge in [-0.3, -0.25) is 9.59 Å². The molecule has 45 heavy (non-hydrogen) atoms. The van der Waals surface area contributed by atoms with Crippen molar-refractivity contribution in [1.29, 1.82) is 0 Å². The predicted octanol–water partition coefficient (Wildman–Crippen LogP) is 10.1. The molecule has 0 amide bonds. The molecule has 0 unspecified atom stereocenters. The SMILES string of the molecule is CC.CC.CC.CC.O=C(O)Oc1ccc(C(=O)c2ccccc2)cc1.O=C(O)Oc1ccc(C(=O)c2ccccc2)cc1.[W]. The van der Waals surface area contributed by atoms with E-state index in [4.69, 9.17) is 10.2 Å². The summed E-state index contributed by atoms with van der Waals surface area (Å²) in [4.78, 5) is 44.7. The van der Waals surface area contributed by atoms with Crippen molar-refractivity contribution in [2.75, 3.05) is 0 Å². The first-order valence-electron chi connectivity index (χ1n) is 14.5. The first kappa shape index (κ1) is 44.9. The number of hydrogen-bond acceptors (Lipinski definition) is 6. The van der Waals surface area contributed by atoms with Crippen LogP contribution < -0.4 is 9.47 Å². The van der Waals surface area contributed by atoms with Gasteiger partial charge in [0.15, 0.2) is 11.6 Å². The number of hydrogen-bond donors (Lipinski definition) is 2. The number of carboxylic acid groups (broad SMARTS) is 2. The minimum Gasteiger partial charge on any atom is -0.449 e. The number of carbonyl (C=O) groups is 4. The summed E-state index contributed by atoms with van der Waals surface area (Å²) in [7, 11) is 0. The molecule has 0 fully saturated rings. The van der Waals surface area contributed by atoms with Crippen LogP contribution in [0.2, 0.25) is 0 Å². The molecule has 8 nitrogen and oxygen atoms in total. The van der Waals surface area contributed by atoms with Gasteiger partial charge in [-0.25, -0.2) is 9.59 Å². The molecule has 0 spiro atoms. The van der Waals surface area contributed by atoms with E-state index < -0.39 is 12.3 Å². The van der Waals surface area contributed by atoms with Crippen molar-refractivity contribution in [3.63, 3.8) is 0 Å². The van der Waals surface area contributed by atoms with Gasteiger partial charge < -0.3 is 19.7 Å². The molecule has 0 saturated heterocycles. The van der Waals surface area contributed by atoms with Gasteiger partial charge in [-0.15, -0.1) is 0 Å². The normalized spacial score (nSPS) is 8.36. The molecule has 2 N–H and O–H groups in total. The van der Waals surface area contributed by atoms with E-state index >= 15 is 0 Å². The fraction of sp³-hybridized carbons (Fsp3) is 0.222. The van der Waals surface area contributed by atoms with Gasteiger partial charge in [-0.05, 0) is 48.5 Å². The summed E-state index contributed by atoms with van der Waals surface area (Å²) in [6.07, 6.45) is -2.76. The Kier molecular flexibility index (Phi) is 28.2. The van der Waals surface area contributed by atoms with E-state index in [1.165, 1.54) is 48.5 Å². The number of benzene rings is 4. The van der Waals surface area contributed by atoms with E-state index in [1.54, 1.807) is 48.5 Å². The molecule has 9 heteroatoms. The minimum absolute atomic E-state index is 0. The first-order valence-corrected chi connectivity index (χ1v) is 14.5. The molecule has 4 rings (SSSR count). The molecule has 0 bridgehead atoms. The van der Waals surface area contributed by atoms with Crippen LogP contribution in [-0.2, 0) is 21.1 Å². The third-order valence-corrected chi connectivity index (χ3v) is 4.72. The van der Waals surface area contributed by atoms with E-state index in [-0.39, 0.29) is 44.1 Å². The van der Waals surface area contributed by atoms with Gasteiger partial charge >= 0.3 is 12.3 Å². The van der Waals surface area contributed by atoms with Crippen LogP contribution in [0.1, 0.15) is 87.2 Å². The van der Waals surface area contributed by atoms with Gasteiger partial charge in [0.2, 0.25) is 0 Å². The molecule has 0 atom stereocenters. The van der Waals surface area contributed by atoms with E-state index in [0.29, 0.717) is 22.3 Å². The van der Waals surface area contributed by atoms with Gasteiger partial charge in [0.05, 0.1) is 0 Å². The van der Waals surface area contributed by atoms with Crippen LogP contribution in [0.4, 0.5) is 9.59 Å². The molecule has 0 aromatic heterocycles. The zero-order valence-electron chi connectivity index (χ0n) is 27.1. The Morgan fingerprint density at radius 2 is 0.622 bits per heavy atom. The number of ketones is 2. The Bertz CT molecular complexity index is 1230. The molecule has 0 saturated carbocycles. The maximum absolute atomic E-state index is 12.0. The predicted molar refractivity (Wildman–Crippen MR) is 175 cm³/mol. The summed E-state index contributed by atoms with van der Waals surface area (Å²) in [5, 5.41) is 16.9. The van der Waals surface area contributed by atoms with Crippen LogP contribution >= 0.6 is 0 Å². The monoisotopic (exact) mass is 788 g/mol. The van der Waals surface area contributed by atoms with E-state index in [9.17, 15) is 19.2 Å². The molecule has 0 radical (unpaired) electrons. The molecule has 0 heterocycles. The third kappa shape index (κ3) is 18.0. The Labute approximate surface area is 281 Å². The quantitative estimate of drug-likeness (QED) is 0.112. The molecule has 0 aliphatic heterocycles. The van der Waals surface area contributed by atoms with Crippen molar-refractivity contribution >= 4 is 23.9 Å². The second-order valence-electron chi connectivity index (χ2n) is 7.17. The van der Waals surface area contributed by atoms with Gasteiger partial charge in [-0.2, -0.15) is 0 Å². The summed E-state index contributed by atoms with van der Waals surface area (Å²) >= 11 is 0. The molecular formula is C36H44O8W. The van der Waals surface area contributed by atoms with Crippen LogP contribution in [-0.4, -0.2) is 34.1 Å². The maximum atomic E-state index is 12.0. The number of rotatable bonds is 6. The standard InChI is InChI=1S/2C14H10O4.4C2H6.W/c2*15-13(10-4-2-1-3-5-10)11-6-8-12(9-7-11)18-14(16)17;4*1-2;/h2*1-9H,(H,16,17);4*1-2H3;. The summed E-state index contributed by atoms with van der Waals surface area (Å²) in [5.41, 5.74) is 2.15. The van der Waals surface area contributed by atoms with E-state index in [1.807, 2.05) is 67.5 Å².